The Bertz CT molecular complexity index is 1100. The van der Waals surface area contributed by atoms with Gasteiger partial charge < -0.3 is 24.8 Å². The summed E-state index contributed by atoms with van der Waals surface area (Å²) in [5, 5.41) is 12.5. The third-order valence-electron chi connectivity index (χ3n) is 7.89. The summed E-state index contributed by atoms with van der Waals surface area (Å²) in [7, 11) is 1.46. The number of benzene rings is 2. The molecule has 3 unspecified atom stereocenters. The molecule has 1 heterocycles. The Labute approximate surface area is 204 Å². The number of hydrogen-bond acceptors (Lipinski definition) is 5. The number of amides is 2. The topological polar surface area (TPSA) is 105 Å². The SMILES string of the molecule is COCC(NC(=O)OCC1c2ccccc2-c2ccccc21)C(=O)N1CCC2(C(=O)O)CCCC12. The number of carboxylic acids is 1. The number of nitrogens with zero attached hydrogens (tertiary/aromatic N) is 1. The van der Waals surface area contributed by atoms with E-state index < -0.39 is 23.5 Å². The van der Waals surface area contributed by atoms with Gasteiger partial charge in [-0.05, 0) is 41.5 Å². The highest BCUT2D eigenvalue weighted by Crippen LogP contribution is 2.49. The molecule has 0 spiro atoms. The van der Waals surface area contributed by atoms with Crippen molar-refractivity contribution in [2.24, 2.45) is 5.41 Å². The summed E-state index contributed by atoms with van der Waals surface area (Å²) >= 11 is 0. The lowest BCUT2D eigenvalue weighted by atomic mass is 9.82. The number of carboxylic acid groups (broad SMARTS) is 1. The smallest absolute Gasteiger partial charge is 0.407 e. The largest absolute Gasteiger partial charge is 0.481 e. The van der Waals surface area contributed by atoms with E-state index in [0.29, 0.717) is 25.8 Å². The second kappa shape index (κ2) is 9.34. The van der Waals surface area contributed by atoms with Gasteiger partial charge in [-0.3, -0.25) is 9.59 Å². The summed E-state index contributed by atoms with van der Waals surface area (Å²) in [4.78, 5) is 39.7. The summed E-state index contributed by atoms with van der Waals surface area (Å²) in [6.45, 7) is 0.483. The van der Waals surface area contributed by atoms with Gasteiger partial charge in [0.25, 0.3) is 0 Å². The van der Waals surface area contributed by atoms with E-state index in [1.54, 1.807) is 4.90 Å². The van der Waals surface area contributed by atoms with Crippen molar-refractivity contribution >= 4 is 18.0 Å². The molecule has 3 aliphatic rings. The van der Waals surface area contributed by atoms with Crippen molar-refractivity contribution in [1.29, 1.82) is 0 Å². The van der Waals surface area contributed by atoms with Crippen LogP contribution in [0.15, 0.2) is 48.5 Å². The highest BCUT2D eigenvalue weighted by atomic mass is 16.5. The second-order valence-electron chi connectivity index (χ2n) is 9.63. The number of ether oxygens (including phenoxy) is 2. The molecule has 0 bridgehead atoms. The molecule has 3 atom stereocenters. The molecule has 184 valence electrons. The van der Waals surface area contributed by atoms with Gasteiger partial charge in [-0.15, -0.1) is 0 Å². The Morgan fingerprint density at radius 2 is 1.74 bits per heavy atom. The number of carbonyl (C=O) groups excluding carboxylic acids is 2. The van der Waals surface area contributed by atoms with E-state index in [1.807, 2.05) is 36.4 Å². The van der Waals surface area contributed by atoms with Crippen LogP contribution in [0.3, 0.4) is 0 Å². The molecule has 2 amide bonds. The van der Waals surface area contributed by atoms with Crippen LogP contribution in [0.4, 0.5) is 4.79 Å². The Morgan fingerprint density at radius 1 is 1.09 bits per heavy atom. The Kier molecular flexibility index (Phi) is 6.23. The Morgan fingerprint density at radius 3 is 2.37 bits per heavy atom. The van der Waals surface area contributed by atoms with Gasteiger partial charge in [0.05, 0.1) is 12.0 Å². The first-order valence-corrected chi connectivity index (χ1v) is 12.1. The number of methoxy groups -OCH3 is 1. The number of alkyl carbamates (subject to hydrolysis) is 1. The molecule has 0 aromatic heterocycles. The molecule has 2 N–H and O–H groups in total. The molecule has 5 rings (SSSR count). The number of aliphatic carboxylic acids is 1. The fraction of sp³-hybridized carbons (Fsp3) is 0.444. The van der Waals surface area contributed by atoms with Crippen LogP contribution in [0.2, 0.25) is 0 Å². The zero-order valence-electron chi connectivity index (χ0n) is 19.7. The summed E-state index contributed by atoms with van der Waals surface area (Å²) in [5.74, 6) is -1.25. The first-order valence-electron chi connectivity index (χ1n) is 12.1. The van der Waals surface area contributed by atoms with Crippen molar-refractivity contribution in [2.75, 3.05) is 26.9 Å². The third-order valence-corrected chi connectivity index (χ3v) is 7.89. The van der Waals surface area contributed by atoms with Crippen molar-refractivity contribution in [1.82, 2.24) is 10.2 Å². The standard InChI is InChI=1S/C27H30N2O6/c1-34-16-22(24(30)29-14-13-27(25(31)32)12-6-11-23(27)29)28-26(33)35-15-21-19-9-4-2-7-17(19)18-8-3-5-10-20(18)21/h2-5,7-10,21-23H,6,11-16H2,1H3,(H,28,33)(H,31,32). The van der Waals surface area contributed by atoms with Gasteiger partial charge in [-0.25, -0.2) is 4.79 Å². The number of fused-ring (bicyclic) bond motifs is 4. The van der Waals surface area contributed by atoms with Crippen molar-refractivity contribution in [3.63, 3.8) is 0 Å². The average molecular weight is 479 g/mol. The molecule has 2 aromatic rings. The number of likely N-dealkylation sites (tertiary alicyclic amines) is 1. The number of carbonyl (C=O) groups is 3. The highest BCUT2D eigenvalue weighted by molar-refractivity contribution is 5.88. The maximum atomic E-state index is 13.3. The minimum absolute atomic E-state index is 0.0215. The summed E-state index contributed by atoms with van der Waals surface area (Å²) in [5.41, 5.74) is 3.61. The van der Waals surface area contributed by atoms with Gasteiger partial charge in [0.2, 0.25) is 5.91 Å². The molecule has 1 aliphatic heterocycles. The van der Waals surface area contributed by atoms with Crippen molar-refractivity contribution in [2.45, 2.75) is 43.7 Å². The van der Waals surface area contributed by atoms with Crippen LogP contribution < -0.4 is 5.32 Å². The molecule has 35 heavy (non-hydrogen) atoms. The molecule has 2 aliphatic carbocycles. The van der Waals surface area contributed by atoms with Crippen LogP contribution in [0.1, 0.15) is 42.7 Å². The summed E-state index contributed by atoms with van der Waals surface area (Å²) in [6.07, 6.45) is 1.74. The predicted octanol–water partition coefficient (Wildman–Crippen LogP) is 3.40. The monoisotopic (exact) mass is 478 g/mol. The molecular weight excluding hydrogens is 448 g/mol. The van der Waals surface area contributed by atoms with E-state index in [4.69, 9.17) is 9.47 Å². The molecule has 2 fully saturated rings. The van der Waals surface area contributed by atoms with E-state index in [-0.39, 0.29) is 31.1 Å². The van der Waals surface area contributed by atoms with Gasteiger partial charge in [-0.2, -0.15) is 0 Å². The summed E-state index contributed by atoms with van der Waals surface area (Å²) < 4.78 is 10.8. The van der Waals surface area contributed by atoms with Crippen molar-refractivity contribution < 1.29 is 29.0 Å². The highest BCUT2D eigenvalue weighted by Gasteiger charge is 2.57. The van der Waals surface area contributed by atoms with Gasteiger partial charge in [0.1, 0.15) is 12.6 Å². The van der Waals surface area contributed by atoms with E-state index in [1.165, 1.54) is 7.11 Å². The number of hydrogen-bond donors (Lipinski definition) is 2. The van der Waals surface area contributed by atoms with Crippen LogP contribution in [0.5, 0.6) is 0 Å². The molecule has 8 heteroatoms. The quantitative estimate of drug-likeness (QED) is 0.632. The van der Waals surface area contributed by atoms with Crippen LogP contribution in [0, 0.1) is 5.41 Å². The first-order chi connectivity index (χ1) is 17.0. The van der Waals surface area contributed by atoms with Crippen LogP contribution in [-0.4, -0.2) is 66.9 Å². The normalized spacial score (nSPS) is 23.3. The van der Waals surface area contributed by atoms with Crippen LogP contribution in [-0.2, 0) is 19.1 Å². The minimum atomic E-state index is -0.944. The summed E-state index contributed by atoms with van der Waals surface area (Å²) in [6, 6.07) is 14.9. The zero-order chi connectivity index (χ0) is 24.6. The fourth-order valence-corrected chi connectivity index (χ4v) is 6.22. The van der Waals surface area contributed by atoms with Gasteiger partial charge in [0, 0.05) is 25.6 Å². The van der Waals surface area contributed by atoms with Crippen LogP contribution in [0.25, 0.3) is 11.1 Å². The lowest BCUT2D eigenvalue weighted by molar-refractivity contribution is -0.150. The van der Waals surface area contributed by atoms with Gasteiger partial charge in [0.15, 0.2) is 0 Å². The van der Waals surface area contributed by atoms with E-state index in [2.05, 4.69) is 17.4 Å². The fourth-order valence-electron chi connectivity index (χ4n) is 6.22. The molecule has 0 radical (unpaired) electrons. The maximum Gasteiger partial charge on any atom is 0.407 e. The maximum absolute atomic E-state index is 13.3. The van der Waals surface area contributed by atoms with E-state index in [0.717, 1.165) is 28.7 Å². The number of nitrogens with one attached hydrogen (secondary N) is 1. The zero-order valence-corrected chi connectivity index (χ0v) is 19.7. The Hall–Kier alpha value is -3.39. The third kappa shape index (κ3) is 3.95. The second-order valence-corrected chi connectivity index (χ2v) is 9.63. The molecule has 8 nitrogen and oxygen atoms in total. The molecule has 1 saturated carbocycles. The van der Waals surface area contributed by atoms with Gasteiger partial charge in [-0.1, -0.05) is 55.0 Å². The minimum Gasteiger partial charge on any atom is -0.481 e. The lowest BCUT2D eigenvalue weighted by Crippen LogP contribution is -2.53. The van der Waals surface area contributed by atoms with E-state index in [9.17, 15) is 19.5 Å². The lowest BCUT2D eigenvalue weighted by Gasteiger charge is -2.31. The Balaban J connectivity index is 1.26. The number of rotatable bonds is 7. The molecule has 2 aromatic carbocycles. The van der Waals surface area contributed by atoms with E-state index >= 15 is 0 Å². The molecular formula is C27H30N2O6. The predicted molar refractivity (Wildman–Crippen MR) is 128 cm³/mol. The van der Waals surface area contributed by atoms with Crippen molar-refractivity contribution in [3.05, 3.63) is 59.7 Å². The first kappa shape index (κ1) is 23.4. The van der Waals surface area contributed by atoms with Gasteiger partial charge >= 0.3 is 12.1 Å². The average Bonchev–Trinajstić information content (AvgIpc) is 3.53. The molecule has 1 saturated heterocycles. The van der Waals surface area contributed by atoms with Crippen molar-refractivity contribution in [3.8, 4) is 11.1 Å². The van der Waals surface area contributed by atoms with Crippen LogP contribution >= 0.6 is 0 Å².